The number of aromatic nitrogens is 2. The molecular weight excluding hydrogens is 282 g/mol. The van der Waals surface area contributed by atoms with Crippen LogP contribution >= 0.6 is 11.3 Å². The van der Waals surface area contributed by atoms with Crippen molar-refractivity contribution in [2.75, 3.05) is 19.8 Å². The van der Waals surface area contributed by atoms with Gasteiger partial charge in [0.2, 0.25) is 0 Å². The number of ether oxygens (including phenoxy) is 1. The van der Waals surface area contributed by atoms with Gasteiger partial charge in [0.05, 0.1) is 12.3 Å². The fourth-order valence-electron chi connectivity index (χ4n) is 3.02. The molecule has 0 N–H and O–H groups in total. The van der Waals surface area contributed by atoms with Gasteiger partial charge >= 0.3 is 0 Å². The van der Waals surface area contributed by atoms with E-state index in [1.807, 2.05) is 23.1 Å². The summed E-state index contributed by atoms with van der Waals surface area (Å²) in [6.07, 6.45) is 2.16. The van der Waals surface area contributed by atoms with Crippen molar-refractivity contribution in [1.29, 1.82) is 0 Å². The number of aryl methyl sites for hydroxylation is 2. The third-order valence-electron chi connectivity index (χ3n) is 3.93. The summed E-state index contributed by atoms with van der Waals surface area (Å²) in [6, 6.07) is 4.44. The van der Waals surface area contributed by atoms with Gasteiger partial charge in [0, 0.05) is 60.7 Å². The van der Waals surface area contributed by atoms with Crippen LogP contribution in [0.5, 0.6) is 0 Å². The van der Waals surface area contributed by atoms with Crippen molar-refractivity contribution in [2.24, 2.45) is 7.05 Å². The second kappa shape index (κ2) is 6.30. The molecule has 5 heteroatoms. The fraction of sp³-hybridized carbons (Fsp3) is 0.562. The van der Waals surface area contributed by atoms with E-state index in [9.17, 15) is 0 Å². The summed E-state index contributed by atoms with van der Waals surface area (Å²) in [4.78, 5) is 5.30. The van der Waals surface area contributed by atoms with Gasteiger partial charge in [-0.2, -0.15) is 5.10 Å². The normalized spacial score (nSPS) is 18.9. The summed E-state index contributed by atoms with van der Waals surface area (Å²) in [5.74, 6) is 0.434. The smallest absolute Gasteiger partial charge is 0.0800 e. The van der Waals surface area contributed by atoms with E-state index in [1.165, 1.54) is 21.0 Å². The van der Waals surface area contributed by atoms with E-state index < -0.39 is 0 Å². The van der Waals surface area contributed by atoms with E-state index in [-0.39, 0.29) is 0 Å². The van der Waals surface area contributed by atoms with Gasteiger partial charge in [-0.05, 0) is 26.0 Å². The first-order valence-corrected chi connectivity index (χ1v) is 8.35. The Balaban J connectivity index is 1.76. The largest absolute Gasteiger partial charge is 0.381 e. The molecule has 0 unspecified atom stereocenters. The highest BCUT2D eigenvalue weighted by Crippen LogP contribution is 2.29. The molecule has 0 amide bonds. The quantitative estimate of drug-likeness (QED) is 0.851. The van der Waals surface area contributed by atoms with Crippen molar-refractivity contribution >= 4 is 11.3 Å². The molecule has 1 atom stereocenters. The molecule has 2 aromatic rings. The molecule has 1 aliphatic heterocycles. The Labute approximate surface area is 130 Å². The summed E-state index contributed by atoms with van der Waals surface area (Å²) in [5, 5.41) is 4.63. The van der Waals surface area contributed by atoms with Crippen molar-refractivity contribution < 1.29 is 4.74 Å². The predicted octanol–water partition coefficient (Wildman–Crippen LogP) is 2.93. The van der Waals surface area contributed by atoms with E-state index in [2.05, 4.69) is 42.2 Å². The van der Waals surface area contributed by atoms with Gasteiger partial charge in [-0.15, -0.1) is 11.3 Å². The number of thiophene rings is 1. The molecule has 0 aromatic carbocycles. The zero-order valence-corrected chi connectivity index (χ0v) is 13.8. The minimum atomic E-state index is 0.434. The minimum absolute atomic E-state index is 0.434. The zero-order chi connectivity index (χ0) is 14.8. The van der Waals surface area contributed by atoms with Gasteiger partial charge in [0.1, 0.15) is 0 Å². The molecule has 114 valence electrons. The Morgan fingerprint density at radius 3 is 3.00 bits per heavy atom. The maximum absolute atomic E-state index is 5.68. The third-order valence-corrected chi connectivity index (χ3v) is 4.91. The second-order valence-corrected chi connectivity index (χ2v) is 7.12. The standard InChI is InChI=1S/C16H23N3OS/c1-4-20-11-13-7-19(8-14-6-5-12(2)21-14)10-16-15(13)9-18(3)17-16/h5-6,9,13H,4,7-8,10-11H2,1-3H3/t13-/m0/s1. The van der Waals surface area contributed by atoms with Crippen LogP contribution in [-0.4, -0.2) is 34.4 Å². The number of rotatable bonds is 5. The van der Waals surface area contributed by atoms with E-state index in [0.717, 1.165) is 32.8 Å². The summed E-state index contributed by atoms with van der Waals surface area (Å²) < 4.78 is 7.61. The molecule has 3 rings (SSSR count). The number of hydrogen-bond donors (Lipinski definition) is 0. The highest BCUT2D eigenvalue weighted by atomic mass is 32.1. The summed E-state index contributed by atoms with van der Waals surface area (Å²) in [5.41, 5.74) is 2.58. The lowest BCUT2D eigenvalue weighted by atomic mass is 9.95. The SMILES string of the molecule is CCOC[C@@H]1CN(Cc2ccc(C)s2)Cc2nn(C)cc21. The Morgan fingerprint density at radius 1 is 1.43 bits per heavy atom. The van der Waals surface area contributed by atoms with Crippen LogP contribution in [0, 0.1) is 6.92 Å². The van der Waals surface area contributed by atoms with Crippen LogP contribution < -0.4 is 0 Å². The first kappa shape index (κ1) is 14.8. The number of fused-ring (bicyclic) bond motifs is 1. The molecule has 4 nitrogen and oxygen atoms in total. The molecule has 0 aliphatic carbocycles. The van der Waals surface area contributed by atoms with E-state index >= 15 is 0 Å². The monoisotopic (exact) mass is 305 g/mol. The first-order chi connectivity index (χ1) is 10.2. The van der Waals surface area contributed by atoms with Gasteiger partial charge in [0.25, 0.3) is 0 Å². The molecule has 2 aromatic heterocycles. The van der Waals surface area contributed by atoms with Crippen molar-refractivity contribution in [3.8, 4) is 0 Å². The second-order valence-electron chi connectivity index (χ2n) is 5.74. The molecule has 0 saturated carbocycles. The van der Waals surface area contributed by atoms with Crippen LogP contribution in [0.2, 0.25) is 0 Å². The molecule has 0 radical (unpaired) electrons. The minimum Gasteiger partial charge on any atom is -0.381 e. The van der Waals surface area contributed by atoms with Gasteiger partial charge in [0.15, 0.2) is 0 Å². The molecule has 0 spiro atoms. The van der Waals surface area contributed by atoms with E-state index in [4.69, 9.17) is 4.74 Å². The van der Waals surface area contributed by atoms with E-state index in [1.54, 1.807) is 0 Å². The van der Waals surface area contributed by atoms with Crippen LogP contribution in [-0.2, 0) is 24.9 Å². The highest BCUT2D eigenvalue weighted by Gasteiger charge is 2.28. The van der Waals surface area contributed by atoms with Gasteiger partial charge in [-0.1, -0.05) is 0 Å². The van der Waals surface area contributed by atoms with Crippen LogP contribution in [0.4, 0.5) is 0 Å². The van der Waals surface area contributed by atoms with Crippen molar-refractivity contribution in [2.45, 2.75) is 32.9 Å². The Kier molecular flexibility index (Phi) is 4.42. The van der Waals surface area contributed by atoms with Gasteiger partial charge < -0.3 is 4.74 Å². The Morgan fingerprint density at radius 2 is 2.29 bits per heavy atom. The average molecular weight is 305 g/mol. The topological polar surface area (TPSA) is 30.3 Å². The molecule has 0 saturated heterocycles. The van der Waals surface area contributed by atoms with Crippen LogP contribution in [0.25, 0.3) is 0 Å². The van der Waals surface area contributed by atoms with Crippen LogP contribution in [0.3, 0.4) is 0 Å². The maximum atomic E-state index is 5.68. The molecule has 3 heterocycles. The predicted molar refractivity (Wildman–Crippen MR) is 85.6 cm³/mol. The Hall–Kier alpha value is -1.17. The lowest BCUT2D eigenvalue weighted by Gasteiger charge is -2.31. The summed E-state index contributed by atoms with van der Waals surface area (Å²) >= 11 is 1.89. The van der Waals surface area contributed by atoms with Gasteiger partial charge in [-0.3, -0.25) is 9.58 Å². The maximum Gasteiger partial charge on any atom is 0.0800 e. The number of nitrogens with zero attached hydrogens (tertiary/aromatic N) is 3. The molecular formula is C16H23N3OS. The number of hydrogen-bond acceptors (Lipinski definition) is 4. The molecule has 0 fully saturated rings. The van der Waals surface area contributed by atoms with Crippen molar-refractivity contribution in [3.05, 3.63) is 39.3 Å². The van der Waals surface area contributed by atoms with Gasteiger partial charge in [-0.25, -0.2) is 0 Å². The molecule has 1 aliphatic rings. The Bertz CT molecular complexity index is 604. The summed E-state index contributed by atoms with van der Waals surface area (Å²) in [7, 11) is 2.00. The lowest BCUT2D eigenvalue weighted by molar-refractivity contribution is 0.105. The molecule has 21 heavy (non-hydrogen) atoms. The van der Waals surface area contributed by atoms with E-state index in [0.29, 0.717) is 5.92 Å². The first-order valence-electron chi connectivity index (χ1n) is 7.53. The zero-order valence-electron chi connectivity index (χ0n) is 13.0. The molecule has 0 bridgehead atoms. The fourth-order valence-corrected chi connectivity index (χ4v) is 3.95. The van der Waals surface area contributed by atoms with Crippen molar-refractivity contribution in [1.82, 2.24) is 14.7 Å². The lowest BCUT2D eigenvalue weighted by Crippen LogP contribution is -2.34. The highest BCUT2D eigenvalue weighted by molar-refractivity contribution is 7.11. The van der Waals surface area contributed by atoms with Crippen LogP contribution in [0.15, 0.2) is 18.3 Å². The van der Waals surface area contributed by atoms with Crippen LogP contribution in [0.1, 0.15) is 33.9 Å². The van der Waals surface area contributed by atoms with Crippen molar-refractivity contribution in [3.63, 3.8) is 0 Å². The average Bonchev–Trinajstić information content (AvgIpc) is 3.01. The summed E-state index contributed by atoms with van der Waals surface area (Å²) in [6.45, 7) is 8.78. The third kappa shape index (κ3) is 3.36.